The first kappa shape index (κ1) is 14.0. The van der Waals surface area contributed by atoms with Crippen LogP contribution >= 0.6 is 27.3 Å². The number of anilines is 2. The van der Waals surface area contributed by atoms with Crippen molar-refractivity contribution in [2.75, 3.05) is 5.32 Å². The summed E-state index contributed by atoms with van der Waals surface area (Å²) in [5.41, 5.74) is 6.18. The van der Waals surface area contributed by atoms with Gasteiger partial charge in [-0.25, -0.2) is 4.39 Å². The number of primary amides is 1. The Hall–Kier alpha value is -1.99. The maximum atomic E-state index is 14.0. The molecule has 0 spiro atoms. The second-order valence-corrected chi connectivity index (χ2v) is 6.26. The molecule has 0 aliphatic rings. The van der Waals surface area contributed by atoms with Crippen LogP contribution in [0.15, 0.2) is 41.1 Å². The zero-order valence-electron chi connectivity index (χ0n) is 10.6. The number of pyridine rings is 1. The molecular formula is C14H9BrFN3OS. The van der Waals surface area contributed by atoms with Gasteiger partial charge in [0.25, 0.3) is 5.91 Å². The Labute approximate surface area is 131 Å². The maximum Gasteiger partial charge on any atom is 0.260 e. The largest absolute Gasteiger partial charge is 0.365 e. The van der Waals surface area contributed by atoms with Gasteiger partial charge in [0.05, 0.1) is 16.1 Å². The van der Waals surface area contributed by atoms with Gasteiger partial charge in [0.15, 0.2) is 0 Å². The molecule has 0 saturated carbocycles. The Bertz CT molecular complexity index is 849. The second kappa shape index (κ2) is 5.42. The van der Waals surface area contributed by atoms with E-state index < -0.39 is 11.7 Å². The molecule has 0 aliphatic carbocycles. The highest BCUT2D eigenvalue weighted by Crippen LogP contribution is 2.37. The molecule has 0 atom stereocenters. The summed E-state index contributed by atoms with van der Waals surface area (Å²) < 4.78 is 15.4. The molecule has 1 aromatic carbocycles. The first-order valence-corrected chi connectivity index (χ1v) is 7.55. The molecule has 0 fully saturated rings. The molecule has 4 nitrogen and oxygen atoms in total. The van der Waals surface area contributed by atoms with E-state index in [4.69, 9.17) is 5.73 Å². The normalized spacial score (nSPS) is 10.8. The first-order chi connectivity index (χ1) is 10.1. The van der Waals surface area contributed by atoms with Crippen molar-refractivity contribution in [1.82, 2.24) is 4.98 Å². The summed E-state index contributed by atoms with van der Waals surface area (Å²) in [6.07, 6.45) is 3.26. The minimum absolute atomic E-state index is 0.275. The van der Waals surface area contributed by atoms with Gasteiger partial charge in [0.1, 0.15) is 10.7 Å². The number of rotatable bonds is 3. The fourth-order valence-electron chi connectivity index (χ4n) is 1.97. The van der Waals surface area contributed by atoms with E-state index >= 15 is 0 Å². The molecule has 21 heavy (non-hydrogen) atoms. The van der Waals surface area contributed by atoms with Crippen LogP contribution < -0.4 is 11.1 Å². The number of hydrogen-bond acceptors (Lipinski definition) is 4. The van der Waals surface area contributed by atoms with Crippen molar-refractivity contribution in [2.45, 2.75) is 0 Å². The van der Waals surface area contributed by atoms with Gasteiger partial charge < -0.3 is 11.1 Å². The first-order valence-electron chi connectivity index (χ1n) is 5.94. The molecule has 106 valence electrons. The van der Waals surface area contributed by atoms with Crippen molar-refractivity contribution in [3.05, 3.63) is 51.8 Å². The monoisotopic (exact) mass is 365 g/mol. The third-order valence-electron chi connectivity index (χ3n) is 2.91. The van der Waals surface area contributed by atoms with Crippen LogP contribution in [0.1, 0.15) is 9.67 Å². The van der Waals surface area contributed by atoms with E-state index in [1.807, 2.05) is 0 Å². The van der Waals surface area contributed by atoms with E-state index in [2.05, 4.69) is 26.2 Å². The highest BCUT2D eigenvalue weighted by molar-refractivity contribution is 9.10. The molecule has 3 aromatic rings. The van der Waals surface area contributed by atoms with E-state index in [1.54, 1.807) is 30.6 Å². The Morgan fingerprint density at radius 3 is 2.90 bits per heavy atom. The number of amides is 1. The van der Waals surface area contributed by atoms with Crippen molar-refractivity contribution in [1.29, 1.82) is 0 Å². The lowest BCUT2D eigenvalue weighted by atomic mass is 10.2. The molecule has 0 unspecified atom stereocenters. The number of carbonyl (C=O) groups is 1. The highest BCUT2D eigenvalue weighted by atomic mass is 79.9. The number of hydrogen-bond donors (Lipinski definition) is 2. The predicted molar refractivity (Wildman–Crippen MR) is 85.5 cm³/mol. The molecule has 3 N–H and O–H groups in total. The van der Waals surface area contributed by atoms with Crippen LogP contribution in [0.2, 0.25) is 0 Å². The molecule has 3 rings (SSSR count). The van der Waals surface area contributed by atoms with Crippen LogP contribution in [0.4, 0.5) is 15.8 Å². The number of carbonyl (C=O) groups excluding carboxylic acids is 1. The number of benzene rings is 1. The van der Waals surface area contributed by atoms with Gasteiger partial charge >= 0.3 is 0 Å². The van der Waals surface area contributed by atoms with Crippen LogP contribution in [-0.4, -0.2) is 10.9 Å². The number of fused-ring (bicyclic) bond motifs is 1. The quantitative estimate of drug-likeness (QED) is 0.735. The molecule has 2 heterocycles. The lowest BCUT2D eigenvalue weighted by molar-refractivity contribution is 0.100. The summed E-state index contributed by atoms with van der Waals surface area (Å²) in [6.45, 7) is 0. The number of halogens is 2. The zero-order valence-corrected chi connectivity index (χ0v) is 13.0. The molecule has 0 radical (unpaired) electrons. The van der Waals surface area contributed by atoms with Crippen molar-refractivity contribution >= 4 is 54.6 Å². The van der Waals surface area contributed by atoms with Crippen molar-refractivity contribution in [3.8, 4) is 0 Å². The van der Waals surface area contributed by atoms with Gasteiger partial charge in [-0.2, -0.15) is 0 Å². The summed E-state index contributed by atoms with van der Waals surface area (Å²) in [4.78, 5) is 16.0. The molecule has 0 aliphatic heterocycles. The zero-order chi connectivity index (χ0) is 15.0. The van der Waals surface area contributed by atoms with Crippen LogP contribution in [0.3, 0.4) is 0 Å². The maximum absolute atomic E-state index is 14.0. The molecule has 7 heteroatoms. The molecule has 1 amide bonds. The number of nitrogens with one attached hydrogen (secondary N) is 1. The highest BCUT2D eigenvalue weighted by Gasteiger charge is 2.17. The third kappa shape index (κ3) is 2.62. The standard InChI is InChI=1S/C14H9BrFN3OS/c15-7-1-2-10(9(16)5-7)19-12-8-3-4-18-6-11(8)21-13(12)14(17)20/h1-6,19H,(H2,17,20). The average molecular weight is 366 g/mol. The summed E-state index contributed by atoms with van der Waals surface area (Å²) in [6, 6.07) is 6.42. The smallest absolute Gasteiger partial charge is 0.260 e. The molecule has 0 saturated heterocycles. The topological polar surface area (TPSA) is 68.0 Å². The number of nitrogens with zero attached hydrogens (tertiary/aromatic N) is 1. The average Bonchev–Trinajstić information content (AvgIpc) is 2.81. The SMILES string of the molecule is NC(=O)c1sc2cnccc2c1Nc1ccc(Br)cc1F. The summed E-state index contributed by atoms with van der Waals surface area (Å²) in [5.74, 6) is -0.982. The van der Waals surface area contributed by atoms with Gasteiger partial charge in [-0.05, 0) is 24.3 Å². The molecule has 2 aromatic heterocycles. The van der Waals surface area contributed by atoms with Gasteiger partial charge in [-0.1, -0.05) is 15.9 Å². The van der Waals surface area contributed by atoms with Gasteiger partial charge in [0.2, 0.25) is 0 Å². The van der Waals surface area contributed by atoms with Gasteiger partial charge in [0, 0.05) is 22.3 Å². The molecular weight excluding hydrogens is 357 g/mol. The Morgan fingerprint density at radius 1 is 1.38 bits per heavy atom. The van der Waals surface area contributed by atoms with E-state index in [1.165, 1.54) is 17.4 Å². The summed E-state index contributed by atoms with van der Waals surface area (Å²) >= 11 is 4.43. The minimum atomic E-state index is -0.559. The van der Waals surface area contributed by atoms with Crippen molar-refractivity contribution < 1.29 is 9.18 Å². The number of thiophene rings is 1. The number of nitrogens with two attached hydrogens (primary N) is 1. The van der Waals surface area contributed by atoms with Gasteiger partial charge in [-0.15, -0.1) is 11.3 Å². The van der Waals surface area contributed by atoms with Crippen LogP contribution in [-0.2, 0) is 0 Å². The van der Waals surface area contributed by atoms with E-state index in [9.17, 15) is 9.18 Å². The van der Waals surface area contributed by atoms with Gasteiger partial charge in [-0.3, -0.25) is 9.78 Å². The summed E-state index contributed by atoms with van der Waals surface area (Å²) in [7, 11) is 0. The Balaban J connectivity index is 2.14. The lowest BCUT2D eigenvalue weighted by Crippen LogP contribution is -2.11. The second-order valence-electron chi connectivity index (χ2n) is 4.29. The third-order valence-corrected chi connectivity index (χ3v) is 4.56. The minimum Gasteiger partial charge on any atom is -0.365 e. The van der Waals surface area contributed by atoms with Crippen molar-refractivity contribution in [2.24, 2.45) is 5.73 Å². The number of aromatic nitrogens is 1. The fraction of sp³-hybridized carbons (Fsp3) is 0. The van der Waals surface area contributed by atoms with Crippen LogP contribution in [0.5, 0.6) is 0 Å². The van der Waals surface area contributed by atoms with Crippen LogP contribution in [0, 0.1) is 5.82 Å². The van der Waals surface area contributed by atoms with Crippen molar-refractivity contribution in [3.63, 3.8) is 0 Å². The lowest BCUT2D eigenvalue weighted by Gasteiger charge is -2.08. The Morgan fingerprint density at radius 2 is 2.19 bits per heavy atom. The van der Waals surface area contributed by atoms with E-state index in [-0.39, 0.29) is 5.69 Å². The fourth-order valence-corrected chi connectivity index (χ4v) is 3.28. The van der Waals surface area contributed by atoms with E-state index in [0.29, 0.717) is 15.0 Å². The van der Waals surface area contributed by atoms with Crippen LogP contribution in [0.25, 0.3) is 10.1 Å². The predicted octanol–water partition coefficient (Wildman–Crippen LogP) is 4.04. The molecule has 0 bridgehead atoms. The Kier molecular flexibility index (Phi) is 3.60. The summed E-state index contributed by atoms with van der Waals surface area (Å²) in [5, 5.41) is 3.74. The van der Waals surface area contributed by atoms with E-state index in [0.717, 1.165) is 10.1 Å².